The average Bonchev–Trinajstić information content (AvgIpc) is 2.52. The lowest BCUT2D eigenvalue weighted by molar-refractivity contribution is 0.297. The number of ether oxygens (including phenoxy) is 2. The van der Waals surface area contributed by atoms with Gasteiger partial charge in [-0.15, -0.1) is 0 Å². The molecule has 1 aromatic rings. The highest BCUT2D eigenvalue weighted by Gasteiger charge is 2.16. The van der Waals surface area contributed by atoms with E-state index in [9.17, 15) is 0 Å². The lowest BCUT2D eigenvalue weighted by atomic mass is 10.1. The smallest absolute Gasteiger partial charge is 0.179 e. The van der Waals surface area contributed by atoms with Gasteiger partial charge in [0.1, 0.15) is 0 Å². The van der Waals surface area contributed by atoms with Crippen molar-refractivity contribution in [3.05, 3.63) is 22.7 Å². The second-order valence-electron chi connectivity index (χ2n) is 5.44. The second-order valence-corrected chi connectivity index (χ2v) is 6.83. The summed E-state index contributed by atoms with van der Waals surface area (Å²) in [6.07, 6.45) is 0.885. The van der Waals surface area contributed by atoms with Crippen molar-refractivity contribution in [2.24, 2.45) is 5.73 Å². The quantitative estimate of drug-likeness (QED) is 0.925. The molecule has 0 saturated heterocycles. The van der Waals surface area contributed by atoms with Gasteiger partial charge in [-0.3, -0.25) is 0 Å². The third-order valence-corrected chi connectivity index (χ3v) is 4.37. The van der Waals surface area contributed by atoms with Crippen LogP contribution in [0.25, 0.3) is 0 Å². The number of rotatable bonds is 4. The Kier molecular flexibility index (Phi) is 4.87. The molecule has 0 saturated carbocycles. The molecule has 0 unspecified atom stereocenters. The minimum Gasteiger partial charge on any atom is -0.489 e. The molecule has 3 nitrogen and oxygen atoms in total. The summed E-state index contributed by atoms with van der Waals surface area (Å²) >= 11 is 8.05. The SMILES string of the molecule is CC(C)(N)CSCc1cc(Cl)c2c(c1)OCCCO2. The molecule has 106 valence electrons. The van der Waals surface area contributed by atoms with E-state index < -0.39 is 0 Å². The summed E-state index contributed by atoms with van der Waals surface area (Å²) in [6.45, 7) is 5.39. The topological polar surface area (TPSA) is 44.5 Å². The molecule has 2 N–H and O–H groups in total. The predicted molar refractivity (Wildman–Crippen MR) is 81.5 cm³/mol. The van der Waals surface area contributed by atoms with Crippen molar-refractivity contribution in [2.75, 3.05) is 19.0 Å². The monoisotopic (exact) mass is 301 g/mol. The summed E-state index contributed by atoms with van der Waals surface area (Å²) in [5.74, 6) is 3.20. The Bertz CT molecular complexity index is 446. The first-order valence-electron chi connectivity index (χ1n) is 6.40. The van der Waals surface area contributed by atoms with E-state index in [2.05, 4.69) is 0 Å². The van der Waals surface area contributed by atoms with E-state index in [1.165, 1.54) is 0 Å². The minimum atomic E-state index is -0.153. The fraction of sp³-hybridized carbons (Fsp3) is 0.571. The van der Waals surface area contributed by atoms with Crippen molar-refractivity contribution < 1.29 is 9.47 Å². The van der Waals surface area contributed by atoms with Crippen LogP contribution in [0.15, 0.2) is 12.1 Å². The molecule has 2 rings (SSSR count). The van der Waals surface area contributed by atoms with Gasteiger partial charge < -0.3 is 15.2 Å². The molecular formula is C14H20ClNO2S. The molecule has 0 bridgehead atoms. The number of hydrogen-bond donors (Lipinski definition) is 1. The number of thioether (sulfide) groups is 1. The Labute approximate surface area is 123 Å². The van der Waals surface area contributed by atoms with Crippen molar-refractivity contribution in [1.82, 2.24) is 0 Å². The number of halogens is 1. The third kappa shape index (κ3) is 4.48. The van der Waals surface area contributed by atoms with Crippen molar-refractivity contribution in [1.29, 1.82) is 0 Å². The molecule has 1 aliphatic rings. The summed E-state index contributed by atoms with van der Waals surface area (Å²) in [5.41, 5.74) is 6.96. The number of nitrogens with two attached hydrogens (primary N) is 1. The molecule has 0 fully saturated rings. The molecule has 5 heteroatoms. The zero-order valence-corrected chi connectivity index (χ0v) is 12.9. The van der Waals surface area contributed by atoms with Gasteiger partial charge in [-0.1, -0.05) is 11.6 Å². The van der Waals surface area contributed by atoms with Crippen LogP contribution >= 0.6 is 23.4 Å². The fourth-order valence-electron chi connectivity index (χ4n) is 1.80. The number of benzene rings is 1. The molecule has 1 aliphatic heterocycles. The van der Waals surface area contributed by atoms with Crippen LogP contribution in [-0.2, 0) is 5.75 Å². The third-order valence-electron chi connectivity index (χ3n) is 2.60. The molecule has 0 aromatic heterocycles. The van der Waals surface area contributed by atoms with Gasteiger partial charge in [0.05, 0.1) is 18.2 Å². The van der Waals surface area contributed by atoms with Gasteiger partial charge in [0.25, 0.3) is 0 Å². The zero-order valence-electron chi connectivity index (χ0n) is 11.4. The van der Waals surface area contributed by atoms with Crippen LogP contribution in [-0.4, -0.2) is 24.5 Å². The first-order valence-corrected chi connectivity index (χ1v) is 7.94. The maximum absolute atomic E-state index is 6.25. The van der Waals surface area contributed by atoms with Crippen molar-refractivity contribution in [3.8, 4) is 11.5 Å². The van der Waals surface area contributed by atoms with Crippen molar-refractivity contribution in [2.45, 2.75) is 31.6 Å². The van der Waals surface area contributed by atoms with Gasteiger partial charge in [0.15, 0.2) is 11.5 Å². The highest BCUT2D eigenvalue weighted by molar-refractivity contribution is 7.98. The summed E-state index contributed by atoms with van der Waals surface area (Å²) in [5, 5.41) is 0.627. The predicted octanol–water partition coefficient (Wildman–Crippen LogP) is 3.47. The first kappa shape index (κ1) is 14.8. The van der Waals surface area contributed by atoms with Crippen LogP contribution < -0.4 is 15.2 Å². The molecular weight excluding hydrogens is 282 g/mol. The van der Waals surface area contributed by atoms with Crippen LogP contribution in [0.1, 0.15) is 25.8 Å². The van der Waals surface area contributed by atoms with Gasteiger partial charge in [-0.2, -0.15) is 11.8 Å². The maximum Gasteiger partial charge on any atom is 0.179 e. The Morgan fingerprint density at radius 1 is 1.32 bits per heavy atom. The fourth-order valence-corrected chi connectivity index (χ4v) is 3.12. The van der Waals surface area contributed by atoms with Gasteiger partial charge in [-0.25, -0.2) is 0 Å². The van der Waals surface area contributed by atoms with Gasteiger partial charge >= 0.3 is 0 Å². The van der Waals surface area contributed by atoms with Crippen molar-refractivity contribution in [3.63, 3.8) is 0 Å². The molecule has 0 aliphatic carbocycles. The van der Waals surface area contributed by atoms with Crippen molar-refractivity contribution >= 4 is 23.4 Å². The summed E-state index contributed by atoms with van der Waals surface area (Å²) in [6, 6.07) is 3.97. The molecule has 0 spiro atoms. The maximum atomic E-state index is 6.25. The second kappa shape index (κ2) is 6.25. The summed E-state index contributed by atoms with van der Waals surface area (Å²) < 4.78 is 11.3. The van der Waals surface area contributed by atoms with Crippen LogP contribution in [0.5, 0.6) is 11.5 Å². The number of fused-ring (bicyclic) bond motifs is 1. The highest BCUT2D eigenvalue weighted by atomic mass is 35.5. The summed E-state index contributed by atoms with van der Waals surface area (Å²) in [7, 11) is 0. The largest absolute Gasteiger partial charge is 0.489 e. The Hall–Kier alpha value is -0.580. The van der Waals surface area contributed by atoms with Gasteiger partial charge in [-0.05, 0) is 31.5 Å². The standard InChI is InChI=1S/C14H20ClNO2S/c1-14(2,16)9-19-8-10-6-11(15)13-12(7-10)17-4-3-5-18-13/h6-7H,3-5,8-9,16H2,1-2H3. The van der Waals surface area contributed by atoms with Crippen LogP contribution in [0.3, 0.4) is 0 Å². The lowest BCUT2D eigenvalue weighted by Gasteiger charge is -2.18. The van der Waals surface area contributed by atoms with E-state index in [0.717, 1.165) is 29.2 Å². The Morgan fingerprint density at radius 3 is 2.79 bits per heavy atom. The number of hydrogen-bond acceptors (Lipinski definition) is 4. The Morgan fingerprint density at radius 2 is 2.05 bits per heavy atom. The molecule has 19 heavy (non-hydrogen) atoms. The molecule has 1 heterocycles. The average molecular weight is 302 g/mol. The van der Waals surface area contributed by atoms with E-state index >= 15 is 0 Å². The van der Waals surface area contributed by atoms with E-state index in [-0.39, 0.29) is 5.54 Å². The normalized spacial score (nSPS) is 15.2. The van der Waals surface area contributed by atoms with Crippen LogP contribution in [0.4, 0.5) is 0 Å². The van der Waals surface area contributed by atoms with Crippen LogP contribution in [0.2, 0.25) is 5.02 Å². The van der Waals surface area contributed by atoms with E-state index in [1.807, 2.05) is 26.0 Å². The zero-order chi connectivity index (χ0) is 13.9. The lowest BCUT2D eigenvalue weighted by Crippen LogP contribution is -2.34. The highest BCUT2D eigenvalue weighted by Crippen LogP contribution is 2.38. The van der Waals surface area contributed by atoms with Gasteiger partial charge in [0.2, 0.25) is 0 Å². The van der Waals surface area contributed by atoms with E-state index in [1.54, 1.807) is 11.8 Å². The van der Waals surface area contributed by atoms with E-state index in [0.29, 0.717) is 24.0 Å². The minimum absolute atomic E-state index is 0.153. The molecule has 0 atom stereocenters. The molecule has 0 radical (unpaired) electrons. The Balaban J connectivity index is 2.06. The van der Waals surface area contributed by atoms with Crippen LogP contribution in [0, 0.1) is 0 Å². The molecule has 0 amide bonds. The first-order chi connectivity index (χ1) is 8.96. The molecule has 1 aromatic carbocycles. The summed E-state index contributed by atoms with van der Waals surface area (Å²) in [4.78, 5) is 0. The van der Waals surface area contributed by atoms with E-state index in [4.69, 9.17) is 26.8 Å². The van der Waals surface area contributed by atoms with Gasteiger partial charge in [0, 0.05) is 23.5 Å².